The smallest absolute Gasteiger partial charge is 0.419 e. The lowest BCUT2D eigenvalue weighted by molar-refractivity contribution is 0.411. The van der Waals surface area contributed by atoms with Gasteiger partial charge in [-0.2, -0.15) is 0 Å². The molecule has 0 aliphatic heterocycles. The Kier molecular flexibility index (Phi) is 2.30. The summed E-state index contributed by atoms with van der Waals surface area (Å²) in [6, 6.07) is 1.77. The van der Waals surface area contributed by atoms with Crippen molar-refractivity contribution in [1.82, 2.24) is 4.98 Å². The van der Waals surface area contributed by atoms with Crippen molar-refractivity contribution < 1.29 is 9.15 Å². The van der Waals surface area contributed by atoms with Gasteiger partial charge < -0.3 is 9.15 Å². The van der Waals surface area contributed by atoms with E-state index < -0.39 is 11.4 Å². The number of H-pyrrole nitrogens is 1. The normalized spacial score (nSPS) is 10.7. The molecule has 0 aliphatic rings. The maximum Gasteiger partial charge on any atom is 0.419 e. The van der Waals surface area contributed by atoms with Gasteiger partial charge in [-0.15, -0.1) is 0 Å². The van der Waals surface area contributed by atoms with E-state index in [1.807, 2.05) is 0 Å². The first-order valence-corrected chi connectivity index (χ1v) is 4.76. The lowest BCUT2D eigenvalue weighted by Gasteiger charge is -2.08. The molecule has 2 rings (SSSR count). The molecule has 2 aromatic rings. The number of fused-ring (bicyclic) bond motifs is 1. The molecule has 1 aromatic carbocycles. The predicted molar refractivity (Wildman–Crippen MR) is 59.1 cm³/mol. The zero-order valence-electron chi connectivity index (χ0n) is 9.21. The maximum atomic E-state index is 11.6. The first kappa shape index (κ1) is 10.5. The van der Waals surface area contributed by atoms with Gasteiger partial charge in [-0.05, 0) is 25.5 Å². The summed E-state index contributed by atoms with van der Waals surface area (Å²) in [6.45, 7) is 3.54. The fourth-order valence-electron chi connectivity index (χ4n) is 1.78. The molecule has 1 aromatic heterocycles. The standard InChI is InChI=1S/C11H11NO4/c1-5-4-7(15-3)6(2)8-9(5)12-11(14)16-10(8)13/h4H,1-3H3,(H,12,14). The summed E-state index contributed by atoms with van der Waals surface area (Å²) in [7, 11) is 1.53. The highest BCUT2D eigenvalue weighted by molar-refractivity contribution is 5.85. The number of nitrogens with one attached hydrogen (secondary N) is 1. The quantitative estimate of drug-likeness (QED) is 0.782. The lowest BCUT2D eigenvalue weighted by Crippen LogP contribution is -2.16. The third kappa shape index (κ3) is 1.41. The average molecular weight is 221 g/mol. The van der Waals surface area contributed by atoms with Gasteiger partial charge in [0.15, 0.2) is 0 Å². The monoisotopic (exact) mass is 221 g/mol. The van der Waals surface area contributed by atoms with E-state index in [1.54, 1.807) is 19.9 Å². The van der Waals surface area contributed by atoms with E-state index in [0.29, 0.717) is 22.2 Å². The Morgan fingerprint density at radius 1 is 1.31 bits per heavy atom. The van der Waals surface area contributed by atoms with Gasteiger partial charge in [0, 0.05) is 5.56 Å². The Bertz CT molecular complexity index is 666. The number of aromatic nitrogens is 1. The van der Waals surface area contributed by atoms with Crippen LogP contribution in [-0.2, 0) is 0 Å². The van der Waals surface area contributed by atoms with Crippen LogP contribution in [0.2, 0.25) is 0 Å². The summed E-state index contributed by atoms with van der Waals surface area (Å²) in [4.78, 5) is 25.2. The molecule has 5 nitrogen and oxygen atoms in total. The van der Waals surface area contributed by atoms with Gasteiger partial charge in [0.05, 0.1) is 18.0 Å². The van der Waals surface area contributed by atoms with E-state index in [0.717, 1.165) is 5.56 Å². The number of aromatic amines is 1. The van der Waals surface area contributed by atoms with Gasteiger partial charge in [-0.3, -0.25) is 4.98 Å². The Hall–Kier alpha value is -2.04. The first-order valence-electron chi connectivity index (χ1n) is 4.76. The summed E-state index contributed by atoms with van der Waals surface area (Å²) in [5.41, 5.74) is 1.29. The number of rotatable bonds is 1. The van der Waals surface area contributed by atoms with Crippen LogP contribution in [0, 0.1) is 13.8 Å². The molecule has 0 fully saturated rings. The van der Waals surface area contributed by atoms with Crippen molar-refractivity contribution in [3.05, 3.63) is 38.2 Å². The Morgan fingerprint density at radius 2 is 2.00 bits per heavy atom. The van der Waals surface area contributed by atoms with Crippen LogP contribution in [0.15, 0.2) is 20.1 Å². The zero-order valence-corrected chi connectivity index (χ0v) is 9.21. The van der Waals surface area contributed by atoms with Gasteiger partial charge in [0.1, 0.15) is 5.75 Å². The van der Waals surface area contributed by atoms with Crippen molar-refractivity contribution in [1.29, 1.82) is 0 Å². The van der Waals surface area contributed by atoms with Crippen LogP contribution in [-0.4, -0.2) is 12.1 Å². The van der Waals surface area contributed by atoms with Crippen molar-refractivity contribution in [2.75, 3.05) is 7.11 Å². The molecular weight excluding hydrogens is 210 g/mol. The number of hydrogen-bond acceptors (Lipinski definition) is 4. The van der Waals surface area contributed by atoms with Gasteiger partial charge in [0.25, 0.3) is 0 Å². The molecule has 1 heterocycles. The highest BCUT2D eigenvalue weighted by atomic mass is 16.5. The highest BCUT2D eigenvalue weighted by Crippen LogP contribution is 2.26. The summed E-state index contributed by atoms with van der Waals surface area (Å²) in [5.74, 6) is -0.144. The molecule has 0 bridgehead atoms. The first-order chi connectivity index (χ1) is 7.54. The second kappa shape index (κ2) is 3.52. The van der Waals surface area contributed by atoms with Crippen LogP contribution in [0.5, 0.6) is 5.75 Å². The third-order valence-electron chi connectivity index (χ3n) is 2.57. The van der Waals surface area contributed by atoms with Crippen LogP contribution in [0.3, 0.4) is 0 Å². The van der Waals surface area contributed by atoms with Gasteiger partial charge in [-0.25, -0.2) is 9.59 Å². The molecule has 16 heavy (non-hydrogen) atoms. The molecule has 0 saturated heterocycles. The Morgan fingerprint density at radius 3 is 2.62 bits per heavy atom. The molecule has 0 spiro atoms. The number of benzene rings is 1. The fourth-order valence-corrected chi connectivity index (χ4v) is 1.78. The average Bonchev–Trinajstić information content (AvgIpc) is 2.22. The van der Waals surface area contributed by atoms with E-state index in [1.165, 1.54) is 7.11 Å². The van der Waals surface area contributed by atoms with Crippen LogP contribution < -0.4 is 16.1 Å². The minimum Gasteiger partial charge on any atom is -0.496 e. The third-order valence-corrected chi connectivity index (χ3v) is 2.57. The second-order valence-corrected chi connectivity index (χ2v) is 3.57. The topological polar surface area (TPSA) is 72.3 Å². The number of aryl methyl sites for hydroxylation is 2. The molecular formula is C11H11NO4. The molecule has 1 N–H and O–H groups in total. The van der Waals surface area contributed by atoms with Gasteiger partial charge in [0.2, 0.25) is 0 Å². The van der Waals surface area contributed by atoms with Crippen LogP contribution in [0.4, 0.5) is 0 Å². The number of hydrogen-bond donors (Lipinski definition) is 1. The summed E-state index contributed by atoms with van der Waals surface area (Å²) in [5, 5.41) is 0.358. The van der Waals surface area contributed by atoms with Crippen molar-refractivity contribution in [3.8, 4) is 5.75 Å². The van der Waals surface area contributed by atoms with Crippen molar-refractivity contribution >= 4 is 10.9 Å². The van der Waals surface area contributed by atoms with E-state index in [9.17, 15) is 9.59 Å². The van der Waals surface area contributed by atoms with E-state index >= 15 is 0 Å². The van der Waals surface area contributed by atoms with Crippen molar-refractivity contribution in [2.45, 2.75) is 13.8 Å². The van der Waals surface area contributed by atoms with E-state index in [-0.39, 0.29) is 0 Å². The molecule has 5 heteroatoms. The minimum absolute atomic E-state index is 0.358. The molecule has 0 radical (unpaired) electrons. The molecule has 0 unspecified atom stereocenters. The molecule has 0 atom stereocenters. The minimum atomic E-state index is -0.745. The number of ether oxygens (including phenoxy) is 1. The SMILES string of the molecule is COc1cc(C)c2[nH]c(=O)oc(=O)c2c1C. The highest BCUT2D eigenvalue weighted by Gasteiger charge is 2.12. The van der Waals surface area contributed by atoms with Crippen molar-refractivity contribution in [2.24, 2.45) is 0 Å². The predicted octanol–water partition coefficient (Wildman–Crippen LogP) is 1.11. The molecule has 0 aliphatic carbocycles. The van der Waals surface area contributed by atoms with Gasteiger partial charge >= 0.3 is 11.4 Å². The summed E-state index contributed by atoms with van der Waals surface area (Å²) >= 11 is 0. The molecule has 0 amide bonds. The second-order valence-electron chi connectivity index (χ2n) is 3.57. The lowest BCUT2D eigenvalue weighted by atomic mass is 10.1. The fraction of sp³-hybridized carbons (Fsp3) is 0.273. The molecule has 84 valence electrons. The van der Waals surface area contributed by atoms with Crippen molar-refractivity contribution in [3.63, 3.8) is 0 Å². The van der Waals surface area contributed by atoms with E-state index in [4.69, 9.17) is 4.74 Å². The van der Waals surface area contributed by atoms with Crippen LogP contribution >= 0.6 is 0 Å². The largest absolute Gasteiger partial charge is 0.496 e. The Balaban J connectivity index is 3.08. The summed E-state index contributed by atoms with van der Waals surface area (Å²) in [6.07, 6.45) is 0. The summed E-state index contributed by atoms with van der Waals surface area (Å²) < 4.78 is 9.65. The molecule has 0 saturated carbocycles. The number of methoxy groups -OCH3 is 1. The van der Waals surface area contributed by atoms with Crippen LogP contribution in [0.25, 0.3) is 10.9 Å². The van der Waals surface area contributed by atoms with Gasteiger partial charge in [-0.1, -0.05) is 0 Å². The van der Waals surface area contributed by atoms with Crippen LogP contribution in [0.1, 0.15) is 11.1 Å². The van der Waals surface area contributed by atoms with E-state index in [2.05, 4.69) is 9.40 Å². The Labute approximate surface area is 90.7 Å². The maximum absolute atomic E-state index is 11.6. The zero-order chi connectivity index (χ0) is 11.9.